The third-order valence-electron chi connectivity index (χ3n) is 1.09. The summed E-state index contributed by atoms with van der Waals surface area (Å²) in [5.74, 6) is -0.775. The van der Waals surface area contributed by atoms with Gasteiger partial charge in [0.1, 0.15) is 0 Å². The summed E-state index contributed by atoms with van der Waals surface area (Å²) in [6, 6.07) is 0. The summed E-state index contributed by atoms with van der Waals surface area (Å²) in [5, 5.41) is 10.8. The van der Waals surface area contributed by atoms with Crippen LogP contribution < -0.4 is 0 Å². The lowest BCUT2D eigenvalue weighted by Gasteiger charge is -1.94. The Morgan fingerprint density at radius 3 is 2.82 bits per heavy atom. The molecule has 0 aromatic carbocycles. The van der Waals surface area contributed by atoms with Gasteiger partial charge in [-0.25, -0.2) is 4.79 Å². The van der Waals surface area contributed by atoms with Crippen molar-refractivity contribution in [1.29, 1.82) is 0 Å². The van der Waals surface area contributed by atoms with Crippen molar-refractivity contribution in [2.24, 2.45) is 0 Å². The number of methoxy groups -OCH3 is 1. The highest BCUT2D eigenvalue weighted by atomic mass is 35.5. The first-order valence-corrected chi connectivity index (χ1v) is 3.97. The van der Waals surface area contributed by atoms with Crippen molar-refractivity contribution < 1.29 is 14.6 Å². The molecule has 0 unspecified atom stereocenters. The molecule has 1 heterocycles. The van der Waals surface area contributed by atoms with E-state index < -0.39 is 5.97 Å². The molecule has 0 spiro atoms. The van der Waals surface area contributed by atoms with Crippen LogP contribution in [0.4, 0.5) is 0 Å². The number of aromatic hydroxyl groups is 1. The molecule has 0 aliphatic rings. The van der Waals surface area contributed by atoms with Crippen molar-refractivity contribution in [1.82, 2.24) is 0 Å². The van der Waals surface area contributed by atoms with Gasteiger partial charge in [-0.1, -0.05) is 11.6 Å². The normalized spacial score (nSPS) is 9.64. The van der Waals surface area contributed by atoms with Gasteiger partial charge in [0, 0.05) is 5.38 Å². The maximum Gasteiger partial charge on any atom is 0.351 e. The van der Waals surface area contributed by atoms with Gasteiger partial charge >= 0.3 is 5.97 Å². The monoisotopic (exact) mass is 192 g/mol. The molecule has 0 saturated heterocycles. The molecule has 1 aromatic heterocycles. The van der Waals surface area contributed by atoms with Crippen molar-refractivity contribution in [3.63, 3.8) is 0 Å². The number of carbonyl (C=O) groups excluding carboxylic acids is 1. The predicted molar refractivity (Wildman–Crippen MR) is 42.3 cm³/mol. The molecule has 5 heteroatoms. The second-order valence-electron chi connectivity index (χ2n) is 1.75. The van der Waals surface area contributed by atoms with Gasteiger partial charge in [0.05, 0.1) is 12.1 Å². The first-order valence-electron chi connectivity index (χ1n) is 2.71. The van der Waals surface area contributed by atoms with E-state index in [4.69, 9.17) is 16.7 Å². The number of thiophene rings is 1. The van der Waals surface area contributed by atoms with Crippen LogP contribution in [0.15, 0.2) is 5.38 Å². The first-order chi connectivity index (χ1) is 5.16. The minimum atomic E-state index is -0.570. The van der Waals surface area contributed by atoms with E-state index in [-0.39, 0.29) is 15.6 Å². The van der Waals surface area contributed by atoms with Gasteiger partial charge in [-0.3, -0.25) is 0 Å². The zero-order valence-electron chi connectivity index (χ0n) is 5.63. The number of rotatable bonds is 1. The zero-order chi connectivity index (χ0) is 8.43. The van der Waals surface area contributed by atoms with E-state index in [1.807, 2.05) is 0 Å². The molecule has 0 aliphatic carbocycles. The summed E-state index contributed by atoms with van der Waals surface area (Å²) in [6.07, 6.45) is 0. The number of carbonyl (C=O) groups is 1. The molecule has 0 amide bonds. The Morgan fingerprint density at radius 1 is 1.82 bits per heavy atom. The molecule has 3 nitrogen and oxygen atoms in total. The number of hydrogen-bond donors (Lipinski definition) is 1. The highest BCUT2D eigenvalue weighted by molar-refractivity contribution is 7.13. The van der Waals surface area contributed by atoms with E-state index in [0.29, 0.717) is 0 Å². The summed E-state index contributed by atoms with van der Waals surface area (Å²) < 4.78 is 4.38. The van der Waals surface area contributed by atoms with Gasteiger partial charge < -0.3 is 9.84 Å². The minimum Gasteiger partial charge on any atom is -0.505 e. The second-order valence-corrected chi connectivity index (χ2v) is 3.04. The molecular formula is C6H5ClO3S. The summed E-state index contributed by atoms with van der Waals surface area (Å²) in [5.41, 5.74) is 0. The predicted octanol–water partition coefficient (Wildman–Crippen LogP) is 1.89. The fourth-order valence-corrected chi connectivity index (χ4v) is 1.59. The van der Waals surface area contributed by atoms with Crippen LogP contribution in [0.5, 0.6) is 5.75 Å². The van der Waals surface area contributed by atoms with Crippen molar-refractivity contribution in [2.45, 2.75) is 0 Å². The standard InChI is InChI=1S/C6H5ClO3S/c1-10-6(9)5-4(8)3(7)2-11-5/h2,8H,1H3. The first kappa shape index (κ1) is 8.36. The summed E-state index contributed by atoms with van der Waals surface area (Å²) in [4.78, 5) is 11.0. The molecule has 11 heavy (non-hydrogen) atoms. The maximum absolute atomic E-state index is 10.8. The largest absolute Gasteiger partial charge is 0.505 e. The summed E-state index contributed by atoms with van der Waals surface area (Å²) in [6.45, 7) is 0. The van der Waals surface area contributed by atoms with Crippen LogP contribution in [0.3, 0.4) is 0 Å². The Kier molecular flexibility index (Phi) is 2.36. The van der Waals surface area contributed by atoms with Crippen LogP contribution in [-0.4, -0.2) is 18.2 Å². The Labute approximate surface area is 72.2 Å². The molecule has 0 bridgehead atoms. The molecule has 0 atom stereocenters. The molecule has 0 aliphatic heterocycles. The molecule has 1 rings (SSSR count). The third-order valence-corrected chi connectivity index (χ3v) is 2.46. The molecular weight excluding hydrogens is 188 g/mol. The SMILES string of the molecule is COC(=O)c1scc(Cl)c1O. The van der Waals surface area contributed by atoms with E-state index in [1.54, 1.807) is 0 Å². The number of halogens is 1. The van der Waals surface area contributed by atoms with E-state index in [0.717, 1.165) is 11.3 Å². The van der Waals surface area contributed by atoms with Crippen LogP contribution in [0.2, 0.25) is 5.02 Å². The van der Waals surface area contributed by atoms with Gasteiger partial charge in [-0.2, -0.15) is 0 Å². The highest BCUT2D eigenvalue weighted by Crippen LogP contribution is 2.33. The van der Waals surface area contributed by atoms with Gasteiger partial charge in [0.2, 0.25) is 0 Å². The highest BCUT2D eigenvalue weighted by Gasteiger charge is 2.16. The number of hydrogen-bond acceptors (Lipinski definition) is 4. The van der Waals surface area contributed by atoms with E-state index >= 15 is 0 Å². The van der Waals surface area contributed by atoms with E-state index in [2.05, 4.69) is 4.74 Å². The van der Waals surface area contributed by atoms with Crippen LogP contribution in [0, 0.1) is 0 Å². The summed E-state index contributed by atoms with van der Waals surface area (Å²) >= 11 is 6.54. The average Bonchev–Trinajstić information content (AvgIpc) is 2.32. The Morgan fingerprint density at radius 2 is 2.45 bits per heavy atom. The lowest BCUT2D eigenvalue weighted by molar-refractivity contribution is 0.0603. The lowest BCUT2D eigenvalue weighted by Crippen LogP contribution is -1.97. The average molecular weight is 193 g/mol. The fourth-order valence-electron chi connectivity index (χ4n) is 0.568. The number of esters is 1. The van der Waals surface area contributed by atoms with Crippen LogP contribution in [0.25, 0.3) is 0 Å². The molecule has 0 fully saturated rings. The Balaban J connectivity index is 3.04. The summed E-state index contributed by atoms with van der Waals surface area (Å²) in [7, 11) is 1.25. The topological polar surface area (TPSA) is 46.5 Å². The van der Waals surface area contributed by atoms with Crippen molar-refractivity contribution in [3.05, 3.63) is 15.3 Å². The van der Waals surface area contributed by atoms with Crippen molar-refractivity contribution in [3.8, 4) is 5.75 Å². The molecule has 1 aromatic rings. The molecule has 60 valence electrons. The third kappa shape index (κ3) is 1.46. The number of ether oxygens (including phenoxy) is 1. The molecule has 1 N–H and O–H groups in total. The lowest BCUT2D eigenvalue weighted by atomic mass is 10.4. The maximum atomic E-state index is 10.8. The van der Waals surface area contributed by atoms with Crippen molar-refractivity contribution >= 4 is 28.9 Å². The van der Waals surface area contributed by atoms with E-state index in [1.165, 1.54) is 12.5 Å². The zero-order valence-corrected chi connectivity index (χ0v) is 7.20. The van der Waals surface area contributed by atoms with Crippen LogP contribution >= 0.6 is 22.9 Å². The van der Waals surface area contributed by atoms with Gasteiger partial charge in [-0.15, -0.1) is 11.3 Å². The minimum absolute atomic E-state index is 0.137. The van der Waals surface area contributed by atoms with Crippen LogP contribution in [0.1, 0.15) is 9.67 Å². The quantitative estimate of drug-likeness (QED) is 0.692. The van der Waals surface area contributed by atoms with Crippen molar-refractivity contribution in [2.75, 3.05) is 7.11 Å². The fraction of sp³-hybridized carbons (Fsp3) is 0.167. The molecule has 0 radical (unpaired) electrons. The smallest absolute Gasteiger partial charge is 0.351 e. The molecule has 0 saturated carbocycles. The Bertz CT molecular complexity index is 281. The Hall–Kier alpha value is -0.740. The van der Waals surface area contributed by atoms with E-state index in [9.17, 15) is 4.79 Å². The van der Waals surface area contributed by atoms with Crippen LogP contribution in [-0.2, 0) is 4.74 Å². The van der Waals surface area contributed by atoms with Gasteiger partial charge in [0.15, 0.2) is 10.6 Å². The van der Waals surface area contributed by atoms with Gasteiger partial charge in [0.25, 0.3) is 0 Å². The van der Waals surface area contributed by atoms with Gasteiger partial charge in [-0.05, 0) is 0 Å². The second kappa shape index (κ2) is 3.11.